The first-order chi connectivity index (χ1) is 9.51. The molecule has 1 fully saturated rings. The molecule has 4 unspecified atom stereocenters. The number of nitrogens with zero attached hydrogens (tertiary/aromatic N) is 4. The Morgan fingerprint density at radius 3 is 2.85 bits per heavy atom. The number of nitrogen functional groups attached to an aromatic ring is 1. The fourth-order valence-corrected chi connectivity index (χ4v) is 1.99. The van der Waals surface area contributed by atoms with Gasteiger partial charge in [-0.05, 0) is 0 Å². The number of aromatic nitrogens is 2. The number of anilines is 1. The second kappa shape index (κ2) is 5.49. The van der Waals surface area contributed by atoms with Crippen molar-refractivity contribution in [3.8, 4) is 0 Å². The van der Waals surface area contributed by atoms with Crippen LogP contribution in [-0.2, 0) is 4.74 Å². The fraction of sp³-hybridized carbons (Fsp3) is 0.500. The molecule has 4 atom stereocenters. The number of ether oxygens (including phenoxy) is 1. The minimum Gasteiger partial charge on any atom is -0.394 e. The van der Waals surface area contributed by atoms with Gasteiger partial charge in [0.2, 0.25) is 0 Å². The second-order valence-corrected chi connectivity index (χ2v) is 4.22. The summed E-state index contributed by atoms with van der Waals surface area (Å²) in [4.78, 5) is 17.8. The van der Waals surface area contributed by atoms with Gasteiger partial charge < -0.3 is 31.3 Å². The van der Waals surface area contributed by atoms with Crippen LogP contribution in [0.25, 0.3) is 5.53 Å². The third-order valence-corrected chi connectivity index (χ3v) is 3.03. The van der Waals surface area contributed by atoms with Crippen LogP contribution in [0.4, 0.5) is 5.82 Å². The van der Waals surface area contributed by atoms with Gasteiger partial charge in [0.1, 0.15) is 24.1 Å². The molecule has 0 radical (unpaired) electrons. The summed E-state index contributed by atoms with van der Waals surface area (Å²) in [5.41, 5.74) is 13.8. The quantitative estimate of drug-likeness (QED) is 0.206. The van der Waals surface area contributed by atoms with Crippen molar-refractivity contribution in [1.29, 1.82) is 0 Å². The fourth-order valence-electron chi connectivity index (χ4n) is 1.99. The van der Waals surface area contributed by atoms with Crippen LogP contribution >= 0.6 is 0 Å². The van der Waals surface area contributed by atoms with Crippen LogP contribution in [-0.4, -0.2) is 66.6 Å². The van der Waals surface area contributed by atoms with Crippen molar-refractivity contribution in [2.45, 2.75) is 24.5 Å². The van der Waals surface area contributed by atoms with Crippen molar-refractivity contribution in [1.82, 2.24) is 9.55 Å². The maximum Gasteiger partial charge on any atom is 0.329 e. The molecule has 2 heterocycles. The standard InChI is InChI=1S/C10H13N5O5/c11-9-6(4(17)1-14-12)13-3-15(9)10-8(19)7(18)5(2-16)20-10/h1,3,5,7-8,10,16,18-19H,2,11H2. The van der Waals surface area contributed by atoms with Crippen LogP contribution in [0.1, 0.15) is 16.7 Å². The highest BCUT2D eigenvalue weighted by Gasteiger charge is 2.44. The lowest BCUT2D eigenvalue weighted by molar-refractivity contribution is -0.0518. The van der Waals surface area contributed by atoms with E-state index in [1.165, 1.54) is 0 Å². The molecule has 0 amide bonds. The van der Waals surface area contributed by atoms with Crippen LogP contribution in [0.5, 0.6) is 0 Å². The van der Waals surface area contributed by atoms with E-state index in [1.807, 2.05) is 0 Å². The summed E-state index contributed by atoms with van der Waals surface area (Å²) in [6.07, 6.45) is -2.89. The molecule has 108 valence electrons. The number of rotatable bonds is 4. The third kappa shape index (κ3) is 2.22. The molecule has 0 aromatic carbocycles. The maximum absolute atomic E-state index is 11.5. The largest absolute Gasteiger partial charge is 0.394 e. The Morgan fingerprint density at radius 1 is 1.60 bits per heavy atom. The van der Waals surface area contributed by atoms with Gasteiger partial charge in [0.25, 0.3) is 5.78 Å². The highest BCUT2D eigenvalue weighted by molar-refractivity contribution is 6.34. The first kappa shape index (κ1) is 14.3. The van der Waals surface area contributed by atoms with Crippen LogP contribution in [0, 0.1) is 0 Å². The molecule has 5 N–H and O–H groups in total. The lowest BCUT2D eigenvalue weighted by Gasteiger charge is -2.17. The maximum atomic E-state index is 11.5. The summed E-state index contributed by atoms with van der Waals surface area (Å²) in [5.74, 6) is -0.847. The first-order valence-electron chi connectivity index (χ1n) is 5.67. The second-order valence-electron chi connectivity index (χ2n) is 4.22. The van der Waals surface area contributed by atoms with Gasteiger partial charge in [-0.3, -0.25) is 9.36 Å². The van der Waals surface area contributed by atoms with E-state index in [9.17, 15) is 15.0 Å². The Balaban J connectivity index is 2.31. The Labute approximate surface area is 112 Å². The zero-order chi connectivity index (χ0) is 14.9. The highest BCUT2D eigenvalue weighted by Crippen LogP contribution is 2.31. The smallest absolute Gasteiger partial charge is 0.329 e. The van der Waals surface area contributed by atoms with Crippen LogP contribution in [0.2, 0.25) is 0 Å². The molecule has 20 heavy (non-hydrogen) atoms. The molecule has 1 aromatic heterocycles. The topological polar surface area (TPSA) is 167 Å². The molecule has 0 bridgehead atoms. The molecule has 0 aliphatic carbocycles. The van der Waals surface area contributed by atoms with Crippen molar-refractivity contribution >= 4 is 17.8 Å². The average Bonchev–Trinajstić information content (AvgIpc) is 2.93. The van der Waals surface area contributed by atoms with E-state index in [0.717, 1.165) is 10.9 Å². The minimum absolute atomic E-state index is 0.121. The van der Waals surface area contributed by atoms with E-state index < -0.39 is 36.9 Å². The van der Waals surface area contributed by atoms with E-state index in [4.69, 9.17) is 21.1 Å². The van der Waals surface area contributed by atoms with Crippen molar-refractivity contribution < 1.29 is 29.6 Å². The molecule has 0 spiro atoms. The van der Waals surface area contributed by atoms with E-state index in [-0.39, 0.29) is 11.5 Å². The average molecular weight is 283 g/mol. The van der Waals surface area contributed by atoms with Crippen LogP contribution in [0.3, 0.4) is 0 Å². The van der Waals surface area contributed by atoms with E-state index in [0.29, 0.717) is 6.21 Å². The molecule has 2 rings (SSSR count). The number of hydrogen-bond acceptors (Lipinski definition) is 7. The highest BCUT2D eigenvalue weighted by atomic mass is 16.6. The number of aliphatic hydroxyl groups is 3. The number of Topliss-reactive ketones (excluding diaryl/α,β-unsaturated/α-hetero) is 1. The lowest BCUT2D eigenvalue weighted by atomic mass is 10.1. The van der Waals surface area contributed by atoms with Crippen molar-refractivity contribution in [2.75, 3.05) is 12.3 Å². The third-order valence-electron chi connectivity index (χ3n) is 3.03. The summed E-state index contributed by atoms with van der Waals surface area (Å²) in [5, 5.41) is 28.5. The van der Waals surface area contributed by atoms with Gasteiger partial charge in [-0.1, -0.05) is 0 Å². The van der Waals surface area contributed by atoms with Gasteiger partial charge in [0.05, 0.1) is 12.9 Å². The predicted octanol–water partition coefficient (Wildman–Crippen LogP) is -2.44. The summed E-state index contributed by atoms with van der Waals surface area (Å²) >= 11 is 0. The first-order valence-corrected chi connectivity index (χ1v) is 5.67. The van der Waals surface area contributed by atoms with Gasteiger partial charge in [0, 0.05) is 0 Å². The Bertz CT molecular complexity index is 566. The van der Waals surface area contributed by atoms with Gasteiger partial charge in [-0.2, -0.15) is 4.79 Å². The zero-order valence-corrected chi connectivity index (χ0v) is 10.2. The monoisotopic (exact) mass is 283 g/mol. The van der Waals surface area contributed by atoms with Gasteiger partial charge in [0.15, 0.2) is 11.9 Å². The van der Waals surface area contributed by atoms with Gasteiger partial charge in [-0.15, -0.1) is 0 Å². The van der Waals surface area contributed by atoms with Gasteiger partial charge in [-0.25, -0.2) is 4.98 Å². The van der Waals surface area contributed by atoms with E-state index >= 15 is 0 Å². The Hall–Kier alpha value is -2.10. The normalized spacial score (nSPS) is 29.1. The Kier molecular flexibility index (Phi) is 3.93. The Morgan fingerprint density at radius 2 is 2.30 bits per heavy atom. The van der Waals surface area contributed by atoms with Crippen LogP contribution < -0.4 is 5.73 Å². The summed E-state index contributed by atoms with van der Waals surface area (Å²) in [6.45, 7) is -0.480. The molecular formula is C10H13N5O5. The number of nitrogens with two attached hydrogens (primary N) is 1. The number of aliphatic hydroxyl groups excluding tert-OH is 3. The molecule has 0 saturated carbocycles. The number of ketones is 1. The minimum atomic E-state index is -1.34. The molecule has 1 aliphatic rings. The van der Waals surface area contributed by atoms with Crippen LogP contribution in [0.15, 0.2) is 6.33 Å². The van der Waals surface area contributed by atoms with Crippen molar-refractivity contribution in [3.63, 3.8) is 0 Å². The number of carbonyl (C=O) groups is 1. The summed E-state index contributed by atoms with van der Waals surface area (Å²) < 4.78 is 6.41. The van der Waals surface area contributed by atoms with Crippen molar-refractivity contribution in [3.05, 3.63) is 17.6 Å². The van der Waals surface area contributed by atoms with E-state index in [2.05, 4.69) is 9.77 Å². The van der Waals surface area contributed by atoms with Gasteiger partial charge >= 0.3 is 6.21 Å². The molecule has 1 saturated heterocycles. The molecule has 1 aromatic rings. The SMILES string of the molecule is [N-]=[N+]=CC(=O)c1ncn(C2OC(CO)C(O)C2O)c1N. The zero-order valence-electron chi connectivity index (χ0n) is 10.2. The molecular weight excluding hydrogens is 270 g/mol. The summed E-state index contributed by atoms with van der Waals surface area (Å²) in [6, 6.07) is 0. The molecule has 1 aliphatic heterocycles. The summed E-state index contributed by atoms with van der Waals surface area (Å²) in [7, 11) is 0. The number of imidazole rings is 1. The molecule has 10 heteroatoms. The number of carbonyl (C=O) groups excluding carboxylic acids is 1. The van der Waals surface area contributed by atoms with E-state index in [1.54, 1.807) is 0 Å². The number of hydrogen-bond donors (Lipinski definition) is 4. The predicted molar refractivity (Wildman–Crippen MR) is 63.7 cm³/mol. The lowest BCUT2D eigenvalue weighted by Crippen LogP contribution is -2.33. The van der Waals surface area contributed by atoms with Crippen molar-refractivity contribution in [2.24, 2.45) is 0 Å². The molecule has 10 nitrogen and oxygen atoms in total.